The van der Waals surface area contributed by atoms with Crippen molar-refractivity contribution in [1.82, 2.24) is 24.6 Å². The number of nitrogens with zero attached hydrogens (tertiary/aromatic N) is 4. The lowest BCUT2D eigenvalue weighted by Crippen LogP contribution is -2.49. The number of aromatic nitrogens is 3. The third-order valence-corrected chi connectivity index (χ3v) is 10.5. The highest BCUT2D eigenvalue weighted by molar-refractivity contribution is 5.97. The van der Waals surface area contributed by atoms with E-state index in [0.29, 0.717) is 30.8 Å². The van der Waals surface area contributed by atoms with Gasteiger partial charge in [0.15, 0.2) is 5.78 Å². The Morgan fingerprint density at radius 2 is 1.78 bits per heavy atom. The van der Waals surface area contributed by atoms with Crippen molar-refractivity contribution >= 4 is 23.0 Å². The first-order valence-electron chi connectivity index (χ1n) is 16.3. The summed E-state index contributed by atoms with van der Waals surface area (Å²) in [6.07, 6.45) is 12.9. The molecule has 2 aliphatic carbocycles. The van der Waals surface area contributed by atoms with E-state index >= 15 is 0 Å². The summed E-state index contributed by atoms with van der Waals surface area (Å²) < 4.78 is 15.8. The van der Waals surface area contributed by atoms with Gasteiger partial charge in [0.25, 0.3) is 0 Å². The van der Waals surface area contributed by atoms with Gasteiger partial charge in [-0.1, -0.05) is 36.8 Å². The number of aryl methyl sites for hydroxylation is 2. The van der Waals surface area contributed by atoms with Gasteiger partial charge in [0.2, 0.25) is 5.91 Å². The van der Waals surface area contributed by atoms with Crippen molar-refractivity contribution in [3.05, 3.63) is 83.2 Å². The molecule has 2 aromatic carbocycles. The van der Waals surface area contributed by atoms with E-state index in [4.69, 9.17) is 10.7 Å². The third-order valence-electron chi connectivity index (χ3n) is 10.5. The quantitative estimate of drug-likeness (QED) is 0.233. The predicted molar refractivity (Wildman–Crippen MR) is 173 cm³/mol. The van der Waals surface area contributed by atoms with Crippen LogP contribution in [0.15, 0.2) is 54.9 Å². The molecule has 9 heteroatoms. The second-order valence-electron chi connectivity index (χ2n) is 13.5. The second kappa shape index (κ2) is 11.7. The Morgan fingerprint density at radius 3 is 2.53 bits per heavy atom. The Kier molecular flexibility index (Phi) is 7.68. The van der Waals surface area contributed by atoms with E-state index in [2.05, 4.69) is 19.6 Å². The highest BCUT2D eigenvalue weighted by Gasteiger charge is 2.57. The van der Waals surface area contributed by atoms with E-state index in [1.54, 1.807) is 12.3 Å². The number of fused-ring (bicyclic) bond motifs is 3. The number of amides is 1. The van der Waals surface area contributed by atoms with Crippen molar-refractivity contribution in [1.29, 1.82) is 0 Å². The minimum Gasteiger partial charge on any atom is -0.382 e. The molecular weight excluding hydrogens is 567 g/mol. The molecule has 2 bridgehead atoms. The molecule has 0 unspecified atom stereocenters. The zero-order valence-corrected chi connectivity index (χ0v) is 25.9. The molecule has 3 aliphatic rings. The predicted octanol–water partition coefficient (Wildman–Crippen LogP) is 5.80. The highest BCUT2D eigenvalue weighted by Crippen LogP contribution is 2.57. The summed E-state index contributed by atoms with van der Waals surface area (Å²) in [6.45, 7) is 4.34. The lowest BCUT2D eigenvalue weighted by Gasteiger charge is -2.31. The number of rotatable bonds is 9. The van der Waals surface area contributed by atoms with Gasteiger partial charge < -0.3 is 11.1 Å². The van der Waals surface area contributed by atoms with Crippen molar-refractivity contribution in [3.63, 3.8) is 0 Å². The number of ketones is 1. The third kappa shape index (κ3) is 5.63. The van der Waals surface area contributed by atoms with Gasteiger partial charge in [0.1, 0.15) is 28.7 Å². The van der Waals surface area contributed by atoms with Crippen molar-refractivity contribution in [2.75, 3.05) is 25.4 Å². The van der Waals surface area contributed by atoms with Crippen LogP contribution in [0.1, 0.15) is 85.1 Å². The normalized spacial score (nSPS) is 23.1. The summed E-state index contributed by atoms with van der Waals surface area (Å²) in [5, 5.41) is 3.47. The summed E-state index contributed by atoms with van der Waals surface area (Å²) in [5.41, 5.74) is 10.9. The number of halogens is 1. The van der Waals surface area contributed by atoms with Crippen LogP contribution in [0.25, 0.3) is 16.8 Å². The molecule has 234 valence electrons. The van der Waals surface area contributed by atoms with Gasteiger partial charge in [0, 0.05) is 40.9 Å². The summed E-state index contributed by atoms with van der Waals surface area (Å²) >= 11 is 0. The van der Waals surface area contributed by atoms with Crippen LogP contribution in [0.5, 0.6) is 0 Å². The van der Waals surface area contributed by atoms with Crippen LogP contribution in [0, 0.1) is 12.7 Å². The number of carbonyl (C=O) groups excluding carboxylic acids is 2. The molecule has 0 radical (unpaired) electrons. The number of likely N-dealkylation sites (tertiary alicyclic amines) is 1. The van der Waals surface area contributed by atoms with Gasteiger partial charge in [-0.3, -0.25) is 18.9 Å². The number of Topliss-reactive ketones (excluding diaryl/α,β-unsaturated/α-hetero) is 1. The van der Waals surface area contributed by atoms with Crippen molar-refractivity contribution in [2.24, 2.45) is 0 Å². The zero-order chi connectivity index (χ0) is 31.2. The number of hydrogen-bond acceptors (Lipinski definition) is 6. The maximum Gasteiger partial charge on any atom is 0.234 e. The summed E-state index contributed by atoms with van der Waals surface area (Å²) in [5.74, 6) is 1.11. The minimum atomic E-state index is -0.397. The molecule has 3 heterocycles. The number of nitrogens with one attached hydrogen (secondary N) is 1. The Balaban J connectivity index is 1.10. The monoisotopic (exact) mass is 608 g/mol. The van der Waals surface area contributed by atoms with Crippen LogP contribution in [0.3, 0.4) is 0 Å². The van der Waals surface area contributed by atoms with E-state index in [1.807, 2.05) is 37.4 Å². The number of hydrogen-bond donors (Lipinski definition) is 2. The van der Waals surface area contributed by atoms with Crippen LogP contribution >= 0.6 is 0 Å². The Hall–Kier alpha value is -4.11. The first-order chi connectivity index (χ1) is 21.7. The van der Waals surface area contributed by atoms with E-state index in [9.17, 15) is 14.0 Å². The van der Waals surface area contributed by atoms with Crippen LogP contribution in [-0.4, -0.2) is 56.1 Å². The van der Waals surface area contributed by atoms with Crippen LogP contribution in [0.2, 0.25) is 0 Å². The van der Waals surface area contributed by atoms with Gasteiger partial charge in [0.05, 0.1) is 6.54 Å². The lowest BCUT2D eigenvalue weighted by atomic mass is 9.83. The number of anilines is 1. The number of imidazole rings is 1. The van der Waals surface area contributed by atoms with Crippen molar-refractivity contribution < 1.29 is 14.0 Å². The Labute approximate surface area is 263 Å². The molecule has 0 atom stereocenters. The average Bonchev–Trinajstić information content (AvgIpc) is 3.73. The molecule has 1 amide bonds. The Bertz CT molecular complexity index is 1750. The number of benzene rings is 2. The molecule has 2 aromatic heterocycles. The first kappa shape index (κ1) is 29.6. The van der Waals surface area contributed by atoms with E-state index in [0.717, 1.165) is 78.9 Å². The molecule has 45 heavy (non-hydrogen) atoms. The van der Waals surface area contributed by atoms with E-state index in [-0.39, 0.29) is 22.6 Å². The molecule has 3 fully saturated rings. The molecule has 3 N–H and O–H groups in total. The van der Waals surface area contributed by atoms with Crippen molar-refractivity contribution in [2.45, 2.75) is 82.1 Å². The molecule has 2 saturated carbocycles. The standard InChI is InChI=1S/C36H41FN6O2/c1-24-5-11-27(37)21-28(24)29(44)12-8-25-6-9-26(10-7-25)31-32-33(38)39-17-20-43(32)34(40-31)35-13-15-36(23-35,16-14-35)41-30(45)22-42-18-3-2-4-19-42/h5-7,9-11,17,20-21H,2-4,8,12-16,18-19,22-23H2,1H3,(H2,38,39)(H,41,45). The topological polar surface area (TPSA) is 106 Å². The lowest BCUT2D eigenvalue weighted by molar-refractivity contribution is -0.124. The second-order valence-corrected chi connectivity index (χ2v) is 13.5. The minimum absolute atomic E-state index is 0.0641. The molecule has 1 saturated heterocycles. The molecule has 7 rings (SSSR count). The number of piperidine rings is 1. The van der Waals surface area contributed by atoms with Gasteiger partial charge in [-0.15, -0.1) is 0 Å². The molecule has 4 aromatic rings. The van der Waals surface area contributed by atoms with E-state index < -0.39 is 5.82 Å². The fourth-order valence-corrected chi connectivity index (χ4v) is 8.09. The van der Waals surface area contributed by atoms with Gasteiger partial charge in [-0.25, -0.2) is 14.4 Å². The largest absolute Gasteiger partial charge is 0.382 e. The fourth-order valence-electron chi connectivity index (χ4n) is 8.09. The van der Waals surface area contributed by atoms with Gasteiger partial charge >= 0.3 is 0 Å². The number of nitrogens with two attached hydrogens (primary N) is 1. The number of nitrogen functional groups attached to an aromatic ring is 1. The maximum atomic E-state index is 13.7. The van der Waals surface area contributed by atoms with Crippen LogP contribution < -0.4 is 11.1 Å². The summed E-state index contributed by atoms with van der Waals surface area (Å²) in [4.78, 5) is 37.9. The maximum absolute atomic E-state index is 13.7. The van der Waals surface area contributed by atoms with Crippen LogP contribution in [0.4, 0.5) is 10.2 Å². The van der Waals surface area contributed by atoms with Crippen LogP contribution in [-0.2, 0) is 16.6 Å². The molecular formula is C36H41FN6O2. The van der Waals surface area contributed by atoms with Gasteiger partial charge in [-0.05, 0) is 94.6 Å². The highest BCUT2D eigenvalue weighted by atomic mass is 19.1. The average molecular weight is 609 g/mol. The zero-order valence-electron chi connectivity index (χ0n) is 25.9. The first-order valence-corrected chi connectivity index (χ1v) is 16.3. The molecule has 8 nitrogen and oxygen atoms in total. The smallest absolute Gasteiger partial charge is 0.234 e. The summed E-state index contributed by atoms with van der Waals surface area (Å²) in [6, 6.07) is 12.4. The molecule has 1 aliphatic heterocycles. The SMILES string of the molecule is Cc1ccc(F)cc1C(=O)CCc1ccc(-c2nc(C34CCC(NC(=O)CN5CCCCC5)(CC3)C4)n3ccnc(N)c23)cc1. The van der Waals surface area contributed by atoms with Crippen molar-refractivity contribution in [3.8, 4) is 11.3 Å². The number of carbonyl (C=O) groups is 2. The molecule has 0 spiro atoms. The van der Waals surface area contributed by atoms with Gasteiger partial charge in [-0.2, -0.15) is 0 Å². The Morgan fingerprint density at radius 1 is 1.02 bits per heavy atom. The summed E-state index contributed by atoms with van der Waals surface area (Å²) in [7, 11) is 0. The van der Waals surface area contributed by atoms with E-state index in [1.165, 1.54) is 31.4 Å². The fraction of sp³-hybridized carbons (Fsp3) is 0.444.